The highest BCUT2D eigenvalue weighted by atomic mass is 16.8. The van der Waals surface area contributed by atoms with Crippen molar-refractivity contribution in [2.75, 3.05) is 19.8 Å². The van der Waals surface area contributed by atoms with E-state index in [2.05, 4.69) is 38.9 Å². The van der Waals surface area contributed by atoms with Gasteiger partial charge in [-0.1, -0.05) is 102 Å². The molecule has 224 valence electrons. The van der Waals surface area contributed by atoms with Crippen LogP contribution in [0.25, 0.3) is 0 Å². The number of hydrogen-bond acceptors (Lipinski definition) is 7. The number of ether oxygens (including phenoxy) is 3. The lowest BCUT2D eigenvalue weighted by atomic mass is 9.68. The lowest BCUT2D eigenvalue weighted by molar-refractivity contribution is -0.220. The Hall–Kier alpha value is -2.25. The highest BCUT2D eigenvalue weighted by Crippen LogP contribution is 2.42. The van der Waals surface area contributed by atoms with Crippen LogP contribution in [0.5, 0.6) is 0 Å². The molecule has 1 aromatic rings. The van der Waals surface area contributed by atoms with E-state index in [0.717, 1.165) is 50.5 Å². The second kappa shape index (κ2) is 15.7. The van der Waals surface area contributed by atoms with Gasteiger partial charge in [-0.15, -0.1) is 0 Å². The first kappa shape index (κ1) is 32.3. The van der Waals surface area contributed by atoms with E-state index in [1.807, 2.05) is 19.1 Å². The normalized spacial score (nSPS) is 18.7. The number of carbonyl (C=O) groups is 1. The summed E-state index contributed by atoms with van der Waals surface area (Å²) in [7, 11) is 0. The first-order valence-corrected chi connectivity index (χ1v) is 15.7. The summed E-state index contributed by atoms with van der Waals surface area (Å²) in [5.41, 5.74) is 3.40. The third-order valence-electron chi connectivity index (χ3n) is 8.59. The predicted octanol–water partition coefficient (Wildman–Crippen LogP) is 7.67. The second-order valence-electron chi connectivity index (χ2n) is 11.8. The Bertz CT molecular complexity index is 1010. The summed E-state index contributed by atoms with van der Waals surface area (Å²) in [6, 6.07) is 6.08. The topological polar surface area (TPSA) is 89.7 Å². The van der Waals surface area contributed by atoms with E-state index in [1.165, 1.54) is 43.2 Å². The molecule has 2 aliphatic heterocycles. The van der Waals surface area contributed by atoms with E-state index in [4.69, 9.17) is 19.2 Å². The van der Waals surface area contributed by atoms with Crippen LogP contribution in [-0.2, 0) is 24.4 Å². The van der Waals surface area contributed by atoms with Gasteiger partial charge in [0, 0.05) is 17.5 Å². The summed E-state index contributed by atoms with van der Waals surface area (Å²) >= 11 is 0. The van der Waals surface area contributed by atoms with Crippen molar-refractivity contribution in [3.8, 4) is 0 Å². The number of aryl methyl sites for hydroxylation is 1. The lowest BCUT2D eigenvalue weighted by Gasteiger charge is -2.39. The van der Waals surface area contributed by atoms with E-state index < -0.39 is 17.9 Å². The molecule has 0 spiro atoms. The maximum atomic E-state index is 13.6. The van der Waals surface area contributed by atoms with Crippen LogP contribution in [0.2, 0.25) is 0 Å². The van der Waals surface area contributed by atoms with E-state index in [9.17, 15) is 10.0 Å². The average Bonchev–Trinajstić information content (AvgIpc) is 3.39. The minimum Gasteiger partial charge on any atom is -0.452 e. The minimum atomic E-state index is -1.02. The fraction of sp³-hybridized carbons (Fsp3) is 0.727. The van der Waals surface area contributed by atoms with Gasteiger partial charge >= 0.3 is 5.97 Å². The zero-order chi connectivity index (χ0) is 29.0. The summed E-state index contributed by atoms with van der Waals surface area (Å²) in [5, 5.41) is 13.6. The number of unbranched alkanes of at least 4 members (excludes halogenated alkanes) is 7. The second-order valence-corrected chi connectivity index (χ2v) is 11.8. The van der Waals surface area contributed by atoms with Crippen molar-refractivity contribution in [1.82, 2.24) is 0 Å². The SMILES string of the molecule is CCCCCCCCCCC(OC(=O)/C(=N/O)C1=NCC(CCC)(CCC)c2c(C)cccc21)C1(C)OCCO1. The highest BCUT2D eigenvalue weighted by molar-refractivity contribution is 6.69. The zero-order valence-electron chi connectivity index (χ0n) is 25.6. The number of oxime groups is 1. The molecule has 1 fully saturated rings. The number of rotatable bonds is 17. The Morgan fingerprint density at radius 3 is 2.23 bits per heavy atom. The first-order valence-electron chi connectivity index (χ1n) is 15.7. The standard InChI is InChI=1S/C33H52N2O5/c1-6-9-10-11-12-13-14-15-19-27(32(5)38-22-23-39-32)40-31(36)30(35-37)29-26-18-16-17-25(4)28(26)33(20-7-2,21-8-3)24-34-29/h16-18,27,37H,6-15,19-24H2,1-5H3/b35-30+. The Kier molecular flexibility index (Phi) is 12.6. The molecule has 0 amide bonds. The molecule has 2 aliphatic rings. The van der Waals surface area contributed by atoms with Gasteiger partial charge < -0.3 is 19.4 Å². The van der Waals surface area contributed by atoms with Gasteiger partial charge in [-0.2, -0.15) is 0 Å². The molecule has 0 bridgehead atoms. The van der Waals surface area contributed by atoms with Gasteiger partial charge in [0.25, 0.3) is 0 Å². The van der Waals surface area contributed by atoms with Crippen molar-refractivity contribution in [1.29, 1.82) is 0 Å². The Labute approximate surface area is 241 Å². The van der Waals surface area contributed by atoms with Crippen molar-refractivity contribution in [2.24, 2.45) is 10.1 Å². The third kappa shape index (κ3) is 7.73. The van der Waals surface area contributed by atoms with E-state index in [0.29, 0.717) is 31.9 Å². The molecule has 1 aromatic carbocycles. The van der Waals surface area contributed by atoms with E-state index in [1.54, 1.807) is 0 Å². The van der Waals surface area contributed by atoms with Crippen molar-refractivity contribution in [3.05, 3.63) is 34.9 Å². The molecule has 7 nitrogen and oxygen atoms in total. The molecule has 3 rings (SSSR count). The number of hydrogen-bond donors (Lipinski definition) is 1. The maximum absolute atomic E-state index is 13.6. The Balaban J connectivity index is 1.77. The van der Waals surface area contributed by atoms with Crippen LogP contribution in [0.3, 0.4) is 0 Å². The van der Waals surface area contributed by atoms with Crippen LogP contribution in [0.1, 0.15) is 128 Å². The minimum absolute atomic E-state index is 0.0871. The van der Waals surface area contributed by atoms with Crippen LogP contribution >= 0.6 is 0 Å². The van der Waals surface area contributed by atoms with Crippen LogP contribution in [-0.4, -0.2) is 54.2 Å². The predicted molar refractivity (Wildman–Crippen MR) is 161 cm³/mol. The number of nitrogens with zero attached hydrogens (tertiary/aromatic N) is 2. The highest BCUT2D eigenvalue weighted by Gasteiger charge is 2.44. The summed E-state index contributed by atoms with van der Waals surface area (Å²) in [6.07, 6.45) is 13.6. The van der Waals surface area contributed by atoms with Gasteiger partial charge in [0.15, 0.2) is 6.10 Å². The van der Waals surface area contributed by atoms with E-state index in [-0.39, 0.29) is 11.1 Å². The smallest absolute Gasteiger partial charge is 0.363 e. The van der Waals surface area contributed by atoms with Gasteiger partial charge in [0.1, 0.15) is 5.71 Å². The summed E-state index contributed by atoms with van der Waals surface area (Å²) in [5.74, 6) is -1.71. The van der Waals surface area contributed by atoms with Crippen molar-refractivity contribution in [3.63, 3.8) is 0 Å². The molecule has 1 N–H and O–H groups in total. The molecular weight excluding hydrogens is 504 g/mol. The molecule has 2 heterocycles. The van der Waals surface area contributed by atoms with Crippen LogP contribution < -0.4 is 0 Å². The van der Waals surface area contributed by atoms with Crippen molar-refractivity contribution < 1.29 is 24.2 Å². The largest absolute Gasteiger partial charge is 0.452 e. The van der Waals surface area contributed by atoms with Gasteiger partial charge in [-0.05, 0) is 50.7 Å². The van der Waals surface area contributed by atoms with Crippen molar-refractivity contribution >= 4 is 17.4 Å². The van der Waals surface area contributed by atoms with Gasteiger partial charge in [-0.25, -0.2) is 4.79 Å². The molecule has 0 aliphatic carbocycles. The van der Waals surface area contributed by atoms with Crippen LogP contribution in [0.15, 0.2) is 28.3 Å². The molecule has 7 heteroatoms. The molecule has 1 saturated heterocycles. The Morgan fingerprint density at radius 2 is 1.62 bits per heavy atom. The molecular formula is C33H52N2O5. The summed E-state index contributed by atoms with van der Waals surface area (Å²) < 4.78 is 17.8. The summed E-state index contributed by atoms with van der Waals surface area (Å²) in [6.45, 7) is 12.1. The maximum Gasteiger partial charge on any atom is 0.363 e. The quantitative estimate of drug-likeness (QED) is 0.0699. The summed E-state index contributed by atoms with van der Waals surface area (Å²) in [4.78, 5) is 18.5. The van der Waals surface area contributed by atoms with Crippen molar-refractivity contribution in [2.45, 2.75) is 135 Å². The average molecular weight is 557 g/mol. The van der Waals surface area contributed by atoms with Gasteiger partial charge in [-0.3, -0.25) is 4.99 Å². The molecule has 0 saturated carbocycles. The zero-order valence-corrected chi connectivity index (χ0v) is 25.6. The van der Waals surface area contributed by atoms with Crippen LogP contribution in [0, 0.1) is 6.92 Å². The Morgan fingerprint density at radius 1 is 1.00 bits per heavy atom. The molecule has 0 radical (unpaired) electrons. The monoisotopic (exact) mass is 556 g/mol. The van der Waals surface area contributed by atoms with Gasteiger partial charge in [0.05, 0.1) is 13.2 Å². The number of aliphatic imine (C=N–C) groups is 1. The first-order chi connectivity index (χ1) is 19.4. The van der Waals surface area contributed by atoms with Gasteiger partial charge in [0.2, 0.25) is 11.5 Å². The molecule has 40 heavy (non-hydrogen) atoms. The fourth-order valence-electron chi connectivity index (χ4n) is 6.63. The number of carbonyl (C=O) groups excluding carboxylic acids is 1. The molecule has 1 unspecified atom stereocenters. The van der Waals surface area contributed by atoms with E-state index >= 15 is 0 Å². The third-order valence-corrected chi connectivity index (χ3v) is 8.59. The fourth-order valence-corrected chi connectivity index (χ4v) is 6.63. The lowest BCUT2D eigenvalue weighted by Crippen LogP contribution is -2.46. The molecule has 1 atom stereocenters. The molecule has 0 aromatic heterocycles. The van der Waals surface area contributed by atoms with Crippen LogP contribution in [0.4, 0.5) is 0 Å². The number of fused-ring (bicyclic) bond motifs is 1. The number of benzene rings is 1. The number of esters is 1.